The Kier molecular flexibility index (Phi) is 4.42. The van der Waals surface area contributed by atoms with E-state index in [2.05, 4.69) is 9.44 Å². The zero-order chi connectivity index (χ0) is 14.0. The van der Waals surface area contributed by atoms with Gasteiger partial charge in [0.2, 0.25) is 0 Å². The molecule has 0 saturated heterocycles. The topological polar surface area (TPSA) is 76.7 Å². The molecule has 6 nitrogen and oxygen atoms in total. The van der Waals surface area contributed by atoms with Crippen LogP contribution in [0.5, 0.6) is 11.5 Å². The largest absolute Gasteiger partial charge is 0.486 e. The second-order valence-corrected chi connectivity index (χ2v) is 6.34. The van der Waals surface area contributed by atoms with Gasteiger partial charge in [-0.25, -0.2) is 4.72 Å². The first-order valence-corrected chi connectivity index (χ1v) is 7.62. The fourth-order valence-electron chi connectivity index (χ4n) is 1.49. The molecule has 0 aliphatic carbocycles. The van der Waals surface area contributed by atoms with Crippen LogP contribution in [0.4, 0.5) is 0 Å². The van der Waals surface area contributed by atoms with Gasteiger partial charge in [-0.3, -0.25) is 0 Å². The highest BCUT2D eigenvalue weighted by Gasteiger charge is 2.23. The summed E-state index contributed by atoms with van der Waals surface area (Å²) in [6.07, 6.45) is -0.437. The van der Waals surface area contributed by atoms with Gasteiger partial charge in [0.1, 0.15) is 12.7 Å². The smallest absolute Gasteiger partial charge is 0.276 e. The van der Waals surface area contributed by atoms with E-state index in [-0.39, 0.29) is 13.2 Å². The van der Waals surface area contributed by atoms with Gasteiger partial charge in [-0.05, 0) is 0 Å². The fourth-order valence-corrected chi connectivity index (χ4v) is 2.34. The van der Waals surface area contributed by atoms with Crippen molar-refractivity contribution >= 4 is 33.4 Å². The molecule has 1 atom stereocenters. The lowest BCUT2D eigenvalue weighted by Crippen LogP contribution is -2.43. The van der Waals surface area contributed by atoms with Gasteiger partial charge >= 0.3 is 0 Å². The summed E-state index contributed by atoms with van der Waals surface area (Å²) >= 11 is 11.7. The minimum Gasteiger partial charge on any atom is -0.486 e. The number of hydrogen-bond donors (Lipinski definition) is 2. The normalized spacial score (nSPS) is 18.4. The van der Waals surface area contributed by atoms with Crippen LogP contribution in [-0.2, 0) is 10.2 Å². The average molecular weight is 327 g/mol. The highest BCUT2D eigenvalue weighted by molar-refractivity contribution is 7.87. The van der Waals surface area contributed by atoms with Crippen LogP contribution in [0.2, 0.25) is 10.0 Å². The Hall–Kier alpha value is -0.730. The molecule has 1 aromatic carbocycles. The van der Waals surface area contributed by atoms with E-state index >= 15 is 0 Å². The lowest BCUT2D eigenvalue weighted by Gasteiger charge is -2.26. The summed E-state index contributed by atoms with van der Waals surface area (Å²) in [4.78, 5) is 0. The van der Waals surface area contributed by atoms with Crippen molar-refractivity contribution in [1.29, 1.82) is 0 Å². The van der Waals surface area contributed by atoms with Gasteiger partial charge in [0.05, 0.1) is 16.6 Å². The third-order valence-corrected chi connectivity index (χ3v) is 4.28. The van der Waals surface area contributed by atoms with E-state index in [1.807, 2.05) is 0 Å². The molecule has 1 aromatic rings. The number of hydrogen-bond acceptors (Lipinski definition) is 4. The second-order valence-electron chi connectivity index (χ2n) is 3.82. The van der Waals surface area contributed by atoms with Crippen molar-refractivity contribution in [1.82, 2.24) is 9.44 Å². The van der Waals surface area contributed by atoms with Crippen molar-refractivity contribution in [2.75, 3.05) is 20.2 Å². The molecule has 9 heteroatoms. The fraction of sp³-hybridized carbons (Fsp3) is 0.400. The van der Waals surface area contributed by atoms with Gasteiger partial charge in [-0.1, -0.05) is 23.2 Å². The van der Waals surface area contributed by atoms with E-state index in [4.69, 9.17) is 32.7 Å². The predicted octanol–water partition coefficient (Wildman–Crippen LogP) is 1.19. The highest BCUT2D eigenvalue weighted by Crippen LogP contribution is 2.38. The van der Waals surface area contributed by atoms with E-state index in [1.54, 1.807) is 6.07 Å². The number of benzene rings is 1. The van der Waals surface area contributed by atoms with Crippen molar-refractivity contribution in [3.05, 3.63) is 22.2 Å². The summed E-state index contributed by atoms with van der Waals surface area (Å²) in [5.74, 6) is 0.927. The third kappa shape index (κ3) is 3.64. The van der Waals surface area contributed by atoms with Gasteiger partial charge in [0, 0.05) is 19.2 Å². The molecule has 0 amide bonds. The maximum Gasteiger partial charge on any atom is 0.276 e. The van der Waals surface area contributed by atoms with Crippen molar-refractivity contribution in [2.45, 2.75) is 6.10 Å². The lowest BCUT2D eigenvalue weighted by molar-refractivity contribution is 0.0943. The molecular weight excluding hydrogens is 315 g/mol. The Morgan fingerprint density at radius 1 is 1.32 bits per heavy atom. The molecule has 106 valence electrons. The van der Waals surface area contributed by atoms with Crippen LogP contribution in [-0.4, -0.2) is 34.7 Å². The Bertz CT molecular complexity index is 579. The zero-order valence-corrected chi connectivity index (χ0v) is 12.3. The molecule has 2 N–H and O–H groups in total. The number of nitrogens with one attached hydrogen (secondary N) is 2. The molecule has 2 rings (SSSR count). The number of halogens is 2. The summed E-state index contributed by atoms with van der Waals surface area (Å²) in [6.45, 7) is 0.306. The van der Waals surface area contributed by atoms with Gasteiger partial charge < -0.3 is 9.47 Å². The molecule has 0 radical (unpaired) electrons. The molecule has 1 aliphatic heterocycles. The molecule has 19 heavy (non-hydrogen) atoms. The summed E-state index contributed by atoms with van der Waals surface area (Å²) in [5, 5.41) is 0.721. The predicted molar refractivity (Wildman–Crippen MR) is 72.4 cm³/mol. The minimum absolute atomic E-state index is 0.0862. The molecular formula is C10H12Cl2N2O4S. The molecule has 0 fully saturated rings. The first-order valence-electron chi connectivity index (χ1n) is 5.38. The lowest BCUT2D eigenvalue weighted by atomic mass is 10.2. The Labute approximate surface area is 121 Å². The number of fused-ring (bicyclic) bond motifs is 1. The second kappa shape index (κ2) is 5.72. The van der Waals surface area contributed by atoms with Crippen molar-refractivity contribution in [2.24, 2.45) is 0 Å². The van der Waals surface area contributed by atoms with E-state index in [0.29, 0.717) is 21.5 Å². The van der Waals surface area contributed by atoms with E-state index in [9.17, 15) is 8.42 Å². The maximum absolute atomic E-state index is 11.2. The Morgan fingerprint density at radius 3 is 2.58 bits per heavy atom. The maximum atomic E-state index is 11.2. The molecule has 0 bridgehead atoms. The van der Waals surface area contributed by atoms with Crippen LogP contribution < -0.4 is 18.9 Å². The monoisotopic (exact) mass is 326 g/mol. The highest BCUT2D eigenvalue weighted by atomic mass is 35.5. The third-order valence-electron chi connectivity index (χ3n) is 2.47. The van der Waals surface area contributed by atoms with Crippen LogP contribution in [0.15, 0.2) is 12.1 Å². The first kappa shape index (κ1) is 14.7. The van der Waals surface area contributed by atoms with Crippen LogP contribution in [0, 0.1) is 0 Å². The molecule has 0 aromatic heterocycles. The standard InChI is InChI=1S/C10H12Cl2N2O4S/c1-13-19(15,16)14-4-6-5-17-9-2-7(11)8(12)3-10(9)18-6/h2-3,6,13-14H,4-5H2,1H3/t6-/m0/s1. The van der Waals surface area contributed by atoms with Crippen LogP contribution in [0.1, 0.15) is 0 Å². The molecule has 0 unspecified atom stereocenters. The van der Waals surface area contributed by atoms with Gasteiger partial charge in [-0.15, -0.1) is 0 Å². The van der Waals surface area contributed by atoms with Crippen molar-refractivity contribution < 1.29 is 17.9 Å². The van der Waals surface area contributed by atoms with Crippen LogP contribution >= 0.6 is 23.2 Å². The zero-order valence-electron chi connectivity index (χ0n) is 9.94. The first-order chi connectivity index (χ1) is 8.91. The Morgan fingerprint density at radius 2 is 1.95 bits per heavy atom. The molecule has 1 heterocycles. The quantitative estimate of drug-likeness (QED) is 0.871. The van der Waals surface area contributed by atoms with E-state index < -0.39 is 16.3 Å². The van der Waals surface area contributed by atoms with Gasteiger partial charge in [-0.2, -0.15) is 13.1 Å². The average Bonchev–Trinajstić information content (AvgIpc) is 2.38. The van der Waals surface area contributed by atoms with E-state index in [1.165, 1.54) is 13.1 Å². The molecule has 1 aliphatic rings. The number of rotatable bonds is 4. The number of ether oxygens (including phenoxy) is 2. The summed E-state index contributed by atoms with van der Waals surface area (Å²) in [6, 6.07) is 3.10. The van der Waals surface area contributed by atoms with Gasteiger partial charge in [0.15, 0.2) is 11.5 Å². The van der Waals surface area contributed by atoms with Crippen molar-refractivity contribution in [3.63, 3.8) is 0 Å². The van der Waals surface area contributed by atoms with Crippen LogP contribution in [0.25, 0.3) is 0 Å². The Balaban J connectivity index is 2.04. The van der Waals surface area contributed by atoms with Gasteiger partial charge in [0.25, 0.3) is 10.2 Å². The minimum atomic E-state index is -3.49. The summed E-state index contributed by atoms with van der Waals surface area (Å²) in [5.41, 5.74) is 0. The summed E-state index contributed by atoms with van der Waals surface area (Å²) < 4.78 is 38.0. The summed E-state index contributed by atoms with van der Waals surface area (Å²) in [7, 11) is -2.18. The van der Waals surface area contributed by atoms with Crippen molar-refractivity contribution in [3.8, 4) is 11.5 Å². The SMILES string of the molecule is CNS(=O)(=O)NC[C@H]1COc2cc(Cl)c(Cl)cc2O1. The van der Waals surface area contributed by atoms with E-state index in [0.717, 1.165) is 0 Å². The molecule has 0 saturated carbocycles. The molecule has 0 spiro atoms. The van der Waals surface area contributed by atoms with Crippen LogP contribution in [0.3, 0.4) is 0 Å².